The second-order valence-electron chi connectivity index (χ2n) is 1.48. The van der Waals surface area contributed by atoms with E-state index in [1.807, 2.05) is 0 Å². The van der Waals surface area contributed by atoms with Gasteiger partial charge >= 0.3 is 0 Å². The molecule has 0 aliphatic heterocycles. The van der Waals surface area contributed by atoms with Crippen LogP contribution in [0.4, 0.5) is 0 Å². The first kappa shape index (κ1) is 36.1. The molecule has 0 spiro atoms. The zero-order chi connectivity index (χ0) is 7.98. The van der Waals surface area contributed by atoms with E-state index < -0.39 is 5.97 Å². The van der Waals surface area contributed by atoms with Crippen LogP contribution in [-0.4, -0.2) is 31.7 Å². The minimum atomic E-state index is -0.833. The molecule has 1 heterocycles. The summed E-state index contributed by atoms with van der Waals surface area (Å²) in [5, 5.41) is 20.1. The quantitative estimate of drug-likeness (QED) is 0.477. The third kappa shape index (κ3) is 38.3. The van der Waals surface area contributed by atoms with Crippen molar-refractivity contribution in [2.45, 2.75) is 13.8 Å². The maximum absolute atomic E-state index is 9.00. The second kappa shape index (κ2) is 25.7. The van der Waals surface area contributed by atoms with E-state index in [4.69, 9.17) is 9.90 Å². The van der Waals surface area contributed by atoms with Gasteiger partial charge in [0.2, 0.25) is 0 Å². The van der Waals surface area contributed by atoms with Crippen LogP contribution in [0.5, 0.6) is 0 Å². The summed E-state index contributed by atoms with van der Waals surface area (Å²) in [5.41, 5.74) is 0. The van der Waals surface area contributed by atoms with Crippen molar-refractivity contribution >= 4 is 5.97 Å². The van der Waals surface area contributed by atoms with Crippen LogP contribution < -0.4 is 0 Å². The number of tetrazole rings is 1. The Labute approximate surface area is 190 Å². The summed E-state index contributed by atoms with van der Waals surface area (Å²) >= 11 is 0. The molecule has 6 nitrogen and oxygen atoms in total. The second-order valence-corrected chi connectivity index (χ2v) is 1.48. The molecule has 0 aliphatic rings. The fourth-order valence-electron chi connectivity index (χ4n) is 0.212. The predicted octanol–water partition coefficient (Wildman–Crippen LogP) is 0.0393. The largest absolute Gasteiger partial charge is 0.481 e. The number of carbonyl (C=O) groups is 1. The minimum absolute atomic E-state index is 0. The van der Waals surface area contributed by atoms with Crippen LogP contribution in [0.3, 0.4) is 0 Å². The number of nitrogens with one attached hydrogen (secondary N) is 1. The molecule has 0 fully saturated rings. The normalized spacial score (nSPS) is 5.20. The Hall–Kier alpha value is 2.96. The van der Waals surface area contributed by atoms with Gasteiger partial charge in [0.15, 0.2) is 5.82 Å². The van der Waals surface area contributed by atoms with Gasteiger partial charge in [-0.1, -0.05) is 5.21 Å². The van der Waals surface area contributed by atoms with E-state index in [1.54, 1.807) is 6.92 Å². The van der Waals surface area contributed by atoms with Gasteiger partial charge in [-0.2, -0.15) is 5.21 Å². The van der Waals surface area contributed by atoms with Gasteiger partial charge in [0.1, 0.15) is 0 Å². The van der Waals surface area contributed by atoms with Crippen molar-refractivity contribution in [2.75, 3.05) is 0 Å². The van der Waals surface area contributed by atoms with Gasteiger partial charge < -0.3 is 12.5 Å². The monoisotopic (exact) mass is 515 g/mol. The third-order valence-corrected chi connectivity index (χ3v) is 0.451. The van der Waals surface area contributed by atoms with E-state index in [1.165, 1.54) is 0 Å². The number of carboxylic acids is 1. The maximum atomic E-state index is 9.00. The number of aromatic nitrogens is 4. The molecule has 0 saturated carbocycles. The average Bonchev–Trinajstić information content (AvgIpc) is 2.15. The van der Waals surface area contributed by atoms with Gasteiger partial charge in [-0.25, -0.2) is 0 Å². The van der Waals surface area contributed by atoms with Gasteiger partial charge in [0.25, 0.3) is 5.97 Å². The summed E-state index contributed by atoms with van der Waals surface area (Å²) in [6.45, 7) is 2.85. The van der Waals surface area contributed by atoms with Gasteiger partial charge in [0, 0.05) is 138 Å². The molecule has 0 atom stereocenters. The fourth-order valence-corrected chi connectivity index (χ4v) is 0.212. The number of aliphatic carboxylic acids is 1. The Bertz CT molecular complexity index is 193. The van der Waals surface area contributed by atoms with Crippen molar-refractivity contribution in [1.82, 2.24) is 20.6 Å². The molecule has 1 aromatic heterocycles. The van der Waals surface area contributed by atoms with Gasteiger partial charge in [0.05, 0.1) is 0 Å². The molecule has 1 aromatic rings. The molecular weight excluding hydrogens is 504 g/mol. The van der Waals surface area contributed by atoms with Crippen molar-refractivity contribution in [3.05, 3.63) is 13.3 Å². The average molecular weight is 515 g/mol. The Balaban J connectivity index is -0.0000000211. The molecule has 0 bridgehead atoms. The van der Waals surface area contributed by atoms with E-state index in [-0.39, 0.29) is 138 Å². The first-order valence-electron chi connectivity index (χ1n) is 2.52. The predicted molar refractivity (Wildman–Crippen MR) is 38.6 cm³/mol. The van der Waals surface area contributed by atoms with Crippen LogP contribution in [-0.2, 0) is 136 Å². The number of rotatable bonds is 0. The van der Waals surface area contributed by atoms with Gasteiger partial charge in [-0.3, -0.25) is 4.79 Å². The van der Waals surface area contributed by atoms with Crippen LogP contribution in [0.15, 0.2) is 0 Å². The number of aryl methyl sites for hydroxylation is 1. The first-order chi connectivity index (χ1) is 4.63. The molecule has 4 radical (unpaired) electrons. The van der Waals surface area contributed by atoms with Crippen LogP contribution in [0.1, 0.15) is 12.7 Å². The molecule has 0 amide bonds. The van der Waals surface area contributed by atoms with E-state index in [0.717, 1.165) is 6.92 Å². The summed E-state index contributed by atoms with van der Waals surface area (Å²) in [5.74, 6) is -0.157. The zero-order valence-corrected chi connectivity index (χ0v) is 20.4. The summed E-state index contributed by atoms with van der Waals surface area (Å²) in [7, 11) is 0. The standard InChI is InChI=1S/C2H4N4.C2H4O2.CH3.4Y/c1-2-3-5-6-4-2;1-2(3)4;;;;;/h1H3,(H,3,4,5,6);1H3,(H,3,4);1H3;;;;/q;;-1;;;;. The molecule has 76 valence electrons. The number of H-pyrrole nitrogens is 1. The molecule has 10 heteroatoms. The van der Waals surface area contributed by atoms with E-state index in [0.29, 0.717) is 5.82 Å². The van der Waals surface area contributed by atoms with E-state index in [9.17, 15) is 0 Å². The van der Waals surface area contributed by atoms with Crippen molar-refractivity contribution in [1.29, 1.82) is 0 Å². The number of hydrogen-bond donors (Lipinski definition) is 2. The van der Waals surface area contributed by atoms with Crippen molar-refractivity contribution in [3.63, 3.8) is 0 Å². The van der Waals surface area contributed by atoms with Crippen LogP contribution in [0, 0.1) is 14.4 Å². The fraction of sp³-hybridized carbons (Fsp3) is 0.400. The van der Waals surface area contributed by atoms with Crippen LogP contribution in [0.2, 0.25) is 0 Å². The molecular formula is C5H11N4O2Y4-. The molecule has 0 saturated heterocycles. The Morgan fingerprint density at radius 2 is 1.60 bits per heavy atom. The molecule has 0 unspecified atom stereocenters. The molecule has 2 N–H and O–H groups in total. The summed E-state index contributed by atoms with van der Waals surface area (Å²) in [6.07, 6.45) is 0. The minimum Gasteiger partial charge on any atom is -0.481 e. The summed E-state index contributed by atoms with van der Waals surface area (Å²) in [6, 6.07) is 0. The molecule has 0 aliphatic carbocycles. The summed E-state index contributed by atoms with van der Waals surface area (Å²) in [4.78, 5) is 9.00. The smallest absolute Gasteiger partial charge is 0.300 e. The maximum Gasteiger partial charge on any atom is 0.300 e. The molecule has 0 aromatic carbocycles. The van der Waals surface area contributed by atoms with Crippen molar-refractivity contribution < 1.29 is 141 Å². The number of aromatic amines is 1. The molecule has 1 rings (SSSR count). The van der Waals surface area contributed by atoms with Crippen LogP contribution in [0.25, 0.3) is 0 Å². The third-order valence-electron chi connectivity index (χ3n) is 0.451. The topological polar surface area (TPSA) is 91.8 Å². The molecule has 15 heavy (non-hydrogen) atoms. The Morgan fingerprint density at radius 3 is 1.67 bits per heavy atom. The van der Waals surface area contributed by atoms with Crippen LogP contribution >= 0.6 is 0 Å². The number of carboxylic acid groups (broad SMARTS) is 1. The zero-order valence-electron chi connectivity index (χ0n) is 9.01. The summed E-state index contributed by atoms with van der Waals surface area (Å²) < 4.78 is 0. The van der Waals surface area contributed by atoms with Crippen molar-refractivity contribution in [3.8, 4) is 0 Å². The Morgan fingerprint density at radius 1 is 1.27 bits per heavy atom. The van der Waals surface area contributed by atoms with E-state index >= 15 is 0 Å². The SMILES string of the molecule is CC(=O)O.Cc1nn[nH]n1.[CH3-].[Y].[Y].[Y].[Y]. The number of nitrogens with zero attached hydrogens (tertiary/aromatic N) is 3. The van der Waals surface area contributed by atoms with Crippen molar-refractivity contribution in [2.24, 2.45) is 0 Å². The Kier molecular flexibility index (Phi) is 61.9. The van der Waals surface area contributed by atoms with Gasteiger partial charge in [-0.15, -0.1) is 10.2 Å². The van der Waals surface area contributed by atoms with Gasteiger partial charge in [-0.05, 0) is 6.92 Å². The number of hydrogen-bond acceptors (Lipinski definition) is 4. The first-order valence-corrected chi connectivity index (χ1v) is 2.52. The van der Waals surface area contributed by atoms with E-state index in [2.05, 4.69) is 20.6 Å².